The Balaban J connectivity index is 2.51. The van der Waals surface area contributed by atoms with Crippen LogP contribution in [-0.4, -0.2) is 32.5 Å². The third-order valence-corrected chi connectivity index (χ3v) is 5.57. The van der Waals surface area contributed by atoms with Gasteiger partial charge < -0.3 is 4.74 Å². The van der Waals surface area contributed by atoms with Gasteiger partial charge in [0.15, 0.2) is 9.84 Å². The van der Waals surface area contributed by atoms with Crippen molar-refractivity contribution < 1.29 is 17.9 Å². The molecule has 0 radical (unpaired) electrons. The SMILES string of the molecule is COC(=O)CC(C)S(=O)(=O)CC1CCCC1. The van der Waals surface area contributed by atoms with Gasteiger partial charge in [0.2, 0.25) is 0 Å². The van der Waals surface area contributed by atoms with Gasteiger partial charge in [-0.15, -0.1) is 0 Å². The molecular weight excluding hydrogens is 228 g/mol. The highest BCUT2D eigenvalue weighted by Gasteiger charge is 2.28. The molecule has 0 saturated heterocycles. The molecular formula is C11H20O4S. The number of hydrogen-bond donors (Lipinski definition) is 0. The van der Waals surface area contributed by atoms with Gasteiger partial charge in [0.25, 0.3) is 0 Å². The lowest BCUT2D eigenvalue weighted by Gasteiger charge is -2.15. The molecule has 1 unspecified atom stereocenters. The van der Waals surface area contributed by atoms with Crippen molar-refractivity contribution in [3.63, 3.8) is 0 Å². The van der Waals surface area contributed by atoms with Crippen LogP contribution in [0, 0.1) is 5.92 Å². The van der Waals surface area contributed by atoms with Crippen molar-refractivity contribution in [1.29, 1.82) is 0 Å². The molecule has 16 heavy (non-hydrogen) atoms. The highest BCUT2D eigenvalue weighted by molar-refractivity contribution is 7.92. The van der Waals surface area contributed by atoms with E-state index in [9.17, 15) is 13.2 Å². The summed E-state index contributed by atoms with van der Waals surface area (Å²) in [5.74, 6) is 0.0677. The second-order valence-corrected chi connectivity index (χ2v) is 7.03. The summed E-state index contributed by atoms with van der Waals surface area (Å²) in [5.41, 5.74) is 0. The third-order valence-electron chi connectivity index (χ3n) is 3.24. The minimum absolute atomic E-state index is 0.0362. The molecule has 5 heteroatoms. The quantitative estimate of drug-likeness (QED) is 0.692. The first kappa shape index (κ1) is 13.5. The zero-order valence-corrected chi connectivity index (χ0v) is 10.8. The Bertz CT molecular complexity index is 328. The lowest BCUT2D eigenvalue weighted by atomic mass is 10.1. The number of esters is 1. The first-order chi connectivity index (χ1) is 7.45. The zero-order chi connectivity index (χ0) is 12.2. The van der Waals surface area contributed by atoms with Gasteiger partial charge in [0.1, 0.15) is 0 Å². The maximum atomic E-state index is 11.9. The fraction of sp³-hybridized carbons (Fsp3) is 0.909. The van der Waals surface area contributed by atoms with Crippen molar-refractivity contribution in [3.05, 3.63) is 0 Å². The van der Waals surface area contributed by atoms with Crippen molar-refractivity contribution >= 4 is 15.8 Å². The number of ether oxygens (including phenoxy) is 1. The van der Waals surface area contributed by atoms with E-state index in [1.807, 2.05) is 0 Å². The molecule has 1 atom stereocenters. The Hall–Kier alpha value is -0.580. The zero-order valence-electron chi connectivity index (χ0n) is 9.94. The Morgan fingerprint density at radius 1 is 1.38 bits per heavy atom. The predicted octanol–water partition coefficient (Wildman–Crippen LogP) is 1.54. The van der Waals surface area contributed by atoms with E-state index in [4.69, 9.17) is 0 Å². The Morgan fingerprint density at radius 2 is 1.94 bits per heavy atom. The normalized spacial score (nSPS) is 19.6. The van der Waals surface area contributed by atoms with Crippen molar-refractivity contribution in [1.82, 2.24) is 0 Å². The van der Waals surface area contributed by atoms with Gasteiger partial charge in [0, 0.05) is 0 Å². The van der Waals surface area contributed by atoms with Crippen LogP contribution in [0.4, 0.5) is 0 Å². The first-order valence-electron chi connectivity index (χ1n) is 5.74. The second-order valence-electron chi connectivity index (χ2n) is 4.57. The van der Waals surface area contributed by atoms with Crippen molar-refractivity contribution in [3.8, 4) is 0 Å². The molecule has 0 amide bonds. The Labute approximate surface area is 97.3 Å². The van der Waals surface area contributed by atoms with Crippen LogP contribution < -0.4 is 0 Å². The maximum absolute atomic E-state index is 11.9. The standard InChI is InChI=1S/C11H20O4S/c1-9(7-11(12)15-2)16(13,14)8-10-5-3-4-6-10/h9-10H,3-8H2,1-2H3. The average Bonchev–Trinajstić information content (AvgIpc) is 2.69. The van der Waals surface area contributed by atoms with Crippen LogP contribution in [0.2, 0.25) is 0 Å². The molecule has 4 nitrogen and oxygen atoms in total. The lowest BCUT2D eigenvalue weighted by Crippen LogP contribution is -2.27. The summed E-state index contributed by atoms with van der Waals surface area (Å²) in [6.07, 6.45) is 4.23. The minimum atomic E-state index is -3.15. The number of sulfone groups is 1. The molecule has 0 aliphatic heterocycles. The van der Waals surface area contributed by atoms with Crippen molar-refractivity contribution in [2.75, 3.05) is 12.9 Å². The summed E-state index contributed by atoms with van der Waals surface area (Å²) >= 11 is 0. The Morgan fingerprint density at radius 3 is 2.44 bits per heavy atom. The number of carbonyl (C=O) groups excluding carboxylic acids is 1. The van der Waals surface area contributed by atoms with E-state index >= 15 is 0 Å². The van der Waals surface area contributed by atoms with E-state index in [2.05, 4.69) is 4.74 Å². The fourth-order valence-electron chi connectivity index (χ4n) is 2.11. The van der Waals surface area contributed by atoms with Gasteiger partial charge in [-0.25, -0.2) is 8.42 Å². The summed E-state index contributed by atoms with van der Waals surface area (Å²) in [7, 11) is -1.87. The molecule has 0 spiro atoms. The molecule has 1 saturated carbocycles. The van der Waals surface area contributed by atoms with Crippen LogP contribution in [0.5, 0.6) is 0 Å². The summed E-state index contributed by atoms with van der Waals surface area (Å²) in [6.45, 7) is 1.58. The topological polar surface area (TPSA) is 60.4 Å². The van der Waals surface area contributed by atoms with Crippen LogP contribution in [0.1, 0.15) is 39.0 Å². The van der Waals surface area contributed by atoms with Gasteiger partial charge in [-0.1, -0.05) is 12.8 Å². The maximum Gasteiger partial charge on any atom is 0.306 e. The van der Waals surface area contributed by atoms with E-state index < -0.39 is 21.1 Å². The van der Waals surface area contributed by atoms with E-state index in [0.717, 1.165) is 25.7 Å². The summed E-state index contributed by atoms with van der Waals surface area (Å²) in [6, 6.07) is 0. The molecule has 0 heterocycles. The first-order valence-corrected chi connectivity index (χ1v) is 7.45. The van der Waals surface area contributed by atoms with E-state index in [0.29, 0.717) is 5.92 Å². The average molecular weight is 248 g/mol. The molecule has 0 aromatic heterocycles. The molecule has 0 aromatic carbocycles. The van der Waals surface area contributed by atoms with Crippen LogP contribution in [0.3, 0.4) is 0 Å². The molecule has 94 valence electrons. The smallest absolute Gasteiger partial charge is 0.306 e. The van der Waals surface area contributed by atoms with Crippen LogP contribution in [-0.2, 0) is 19.4 Å². The van der Waals surface area contributed by atoms with Gasteiger partial charge in [-0.2, -0.15) is 0 Å². The van der Waals surface area contributed by atoms with Crippen LogP contribution in [0.15, 0.2) is 0 Å². The summed E-state index contributed by atoms with van der Waals surface area (Å²) in [5, 5.41) is -0.624. The van der Waals surface area contributed by atoms with E-state index in [-0.39, 0.29) is 12.2 Å². The molecule has 0 bridgehead atoms. The lowest BCUT2D eigenvalue weighted by molar-refractivity contribution is -0.140. The van der Waals surface area contributed by atoms with Crippen molar-refractivity contribution in [2.45, 2.75) is 44.3 Å². The highest BCUT2D eigenvalue weighted by Crippen LogP contribution is 2.27. The second kappa shape index (κ2) is 5.66. The predicted molar refractivity (Wildman–Crippen MR) is 61.8 cm³/mol. The van der Waals surface area contributed by atoms with Crippen LogP contribution in [0.25, 0.3) is 0 Å². The molecule has 0 N–H and O–H groups in total. The van der Waals surface area contributed by atoms with E-state index in [1.54, 1.807) is 6.92 Å². The van der Waals surface area contributed by atoms with Gasteiger partial charge >= 0.3 is 5.97 Å². The van der Waals surface area contributed by atoms with Gasteiger partial charge in [0.05, 0.1) is 24.5 Å². The van der Waals surface area contributed by atoms with Gasteiger partial charge in [-0.05, 0) is 25.7 Å². The highest BCUT2D eigenvalue weighted by atomic mass is 32.2. The fourth-order valence-corrected chi connectivity index (χ4v) is 3.82. The summed E-state index contributed by atoms with van der Waals surface area (Å²) < 4.78 is 28.3. The molecule has 0 aromatic rings. The van der Waals surface area contributed by atoms with Crippen molar-refractivity contribution in [2.24, 2.45) is 5.92 Å². The number of rotatable bonds is 5. The molecule has 1 aliphatic rings. The largest absolute Gasteiger partial charge is 0.469 e. The monoisotopic (exact) mass is 248 g/mol. The minimum Gasteiger partial charge on any atom is -0.469 e. The van der Waals surface area contributed by atoms with Crippen LogP contribution >= 0.6 is 0 Å². The number of methoxy groups -OCH3 is 1. The van der Waals surface area contributed by atoms with Gasteiger partial charge in [-0.3, -0.25) is 4.79 Å². The molecule has 1 fully saturated rings. The molecule has 1 rings (SSSR count). The Kier molecular flexibility index (Phi) is 4.77. The third kappa shape index (κ3) is 3.77. The van der Waals surface area contributed by atoms with E-state index in [1.165, 1.54) is 7.11 Å². The molecule has 1 aliphatic carbocycles. The summed E-state index contributed by atoms with van der Waals surface area (Å²) in [4.78, 5) is 11.0. The number of carbonyl (C=O) groups is 1. The number of hydrogen-bond acceptors (Lipinski definition) is 4.